The van der Waals surface area contributed by atoms with Crippen LogP contribution in [0.25, 0.3) is 0 Å². The van der Waals surface area contributed by atoms with Gasteiger partial charge in [0.1, 0.15) is 6.04 Å². The third kappa shape index (κ3) is 1.43. The molecule has 2 aliphatic rings. The van der Waals surface area contributed by atoms with Crippen molar-refractivity contribution in [3.05, 3.63) is 11.8 Å². The highest BCUT2D eigenvalue weighted by Crippen LogP contribution is 2.31. The Kier molecular flexibility index (Phi) is 2.25. The highest BCUT2D eigenvalue weighted by atomic mass is 16.5. The molecule has 3 nitrogen and oxygen atoms in total. The molecule has 1 saturated heterocycles. The van der Waals surface area contributed by atoms with Gasteiger partial charge in [-0.1, -0.05) is 6.08 Å². The lowest BCUT2D eigenvalue weighted by Crippen LogP contribution is -2.37. The Morgan fingerprint density at radius 3 is 3.31 bits per heavy atom. The fraction of sp³-hybridized carbons (Fsp3) is 0.700. The summed E-state index contributed by atoms with van der Waals surface area (Å²) in [5.41, 5.74) is 1.35. The summed E-state index contributed by atoms with van der Waals surface area (Å²) in [6.45, 7) is 1.02. The van der Waals surface area contributed by atoms with Gasteiger partial charge in [0, 0.05) is 12.2 Å². The fourth-order valence-electron chi connectivity index (χ4n) is 2.21. The topological polar surface area (TPSA) is 29.5 Å². The van der Waals surface area contributed by atoms with E-state index in [0.717, 1.165) is 25.8 Å². The second-order valence-electron chi connectivity index (χ2n) is 3.61. The minimum absolute atomic E-state index is 0.00319. The van der Waals surface area contributed by atoms with Crippen LogP contribution in [-0.2, 0) is 9.53 Å². The van der Waals surface area contributed by atoms with Gasteiger partial charge in [0.05, 0.1) is 7.11 Å². The summed E-state index contributed by atoms with van der Waals surface area (Å²) in [6, 6.07) is -0.00319. The number of nitrogens with zero attached hydrogens (tertiary/aromatic N) is 1. The highest BCUT2D eigenvalue weighted by molar-refractivity contribution is 5.76. The third-order valence-corrected chi connectivity index (χ3v) is 2.88. The van der Waals surface area contributed by atoms with Crippen LogP contribution in [0, 0.1) is 0 Å². The molecule has 0 aromatic carbocycles. The molecular weight excluding hydrogens is 166 g/mol. The van der Waals surface area contributed by atoms with E-state index in [9.17, 15) is 4.79 Å². The van der Waals surface area contributed by atoms with Crippen LogP contribution < -0.4 is 0 Å². The molecule has 0 bridgehead atoms. The van der Waals surface area contributed by atoms with Gasteiger partial charge in [0.25, 0.3) is 0 Å². The molecule has 0 radical (unpaired) electrons. The van der Waals surface area contributed by atoms with E-state index in [2.05, 4.69) is 11.0 Å². The Bertz CT molecular complexity index is 247. The van der Waals surface area contributed by atoms with Crippen LogP contribution in [0.5, 0.6) is 0 Å². The predicted molar refractivity (Wildman–Crippen MR) is 49.1 cm³/mol. The maximum atomic E-state index is 11.4. The molecule has 3 heteroatoms. The number of esters is 1. The molecule has 0 aromatic rings. The first kappa shape index (κ1) is 8.60. The Hall–Kier alpha value is -0.990. The Morgan fingerprint density at radius 1 is 1.69 bits per heavy atom. The van der Waals surface area contributed by atoms with Crippen molar-refractivity contribution in [2.45, 2.75) is 31.7 Å². The zero-order valence-electron chi connectivity index (χ0n) is 7.95. The molecule has 0 saturated carbocycles. The summed E-state index contributed by atoms with van der Waals surface area (Å²) in [7, 11) is 1.47. The number of carbonyl (C=O) groups is 1. The van der Waals surface area contributed by atoms with Crippen LogP contribution in [0.2, 0.25) is 0 Å². The number of hydrogen-bond acceptors (Lipinski definition) is 3. The molecule has 2 aliphatic heterocycles. The molecule has 13 heavy (non-hydrogen) atoms. The first-order chi connectivity index (χ1) is 6.33. The van der Waals surface area contributed by atoms with Gasteiger partial charge in [0.2, 0.25) is 0 Å². The van der Waals surface area contributed by atoms with E-state index in [0.29, 0.717) is 0 Å². The van der Waals surface area contributed by atoms with E-state index in [1.807, 2.05) is 0 Å². The van der Waals surface area contributed by atoms with Crippen LogP contribution in [0.15, 0.2) is 11.8 Å². The number of ether oxygens (including phenoxy) is 1. The number of carbonyl (C=O) groups excluding carboxylic acids is 1. The van der Waals surface area contributed by atoms with Crippen LogP contribution in [0.4, 0.5) is 0 Å². The average molecular weight is 181 g/mol. The van der Waals surface area contributed by atoms with E-state index in [4.69, 9.17) is 4.74 Å². The Morgan fingerprint density at radius 2 is 2.54 bits per heavy atom. The summed E-state index contributed by atoms with van der Waals surface area (Å²) in [5, 5.41) is 0. The molecule has 1 unspecified atom stereocenters. The molecule has 0 amide bonds. The van der Waals surface area contributed by atoms with Crippen LogP contribution >= 0.6 is 0 Å². The van der Waals surface area contributed by atoms with Crippen molar-refractivity contribution in [2.24, 2.45) is 0 Å². The first-order valence-electron chi connectivity index (χ1n) is 4.86. The normalized spacial score (nSPS) is 26.7. The second kappa shape index (κ2) is 3.40. The quantitative estimate of drug-likeness (QED) is 0.571. The molecule has 0 aromatic heterocycles. The zero-order chi connectivity index (χ0) is 9.26. The average Bonchev–Trinajstić information content (AvgIpc) is 2.60. The van der Waals surface area contributed by atoms with Gasteiger partial charge < -0.3 is 9.64 Å². The standard InChI is InChI=1S/C10H15NO2/c1-13-10(12)9-6-5-8-4-2-3-7-11(8)9/h4,9H,2-3,5-7H2,1H3. The molecule has 2 heterocycles. The number of allylic oxidation sites excluding steroid dienone is 2. The van der Waals surface area contributed by atoms with Crippen molar-refractivity contribution in [3.8, 4) is 0 Å². The molecule has 0 spiro atoms. The van der Waals surface area contributed by atoms with Gasteiger partial charge in [-0.2, -0.15) is 0 Å². The molecule has 72 valence electrons. The summed E-state index contributed by atoms with van der Waals surface area (Å²) < 4.78 is 4.78. The van der Waals surface area contributed by atoms with E-state index >= 15 is 0 Å². The van der Waals surface area contributed by atoms with Crippen molar-refractivity contribution in [1.82, 2.24) is 4.90 Å². The minimum atomic E-state index is -0.0784. The summed E-state index contributed by atoms with van der Waals surface area (Å²) in [6.07, 6.45) is 6.56. The number of fused-ring (bicyclic) bond motifs is 1. The molecule has 1 fully saturated rings. The van der Waals surface area contributed by atoms with E-state index in [1.165, 1.54) is 19.2 Å². The van der Waals surface area contributed by atoms with Gasteiger partial charge >= 0.3 is 5.97 Å². The Labute approximate surface area is 78.4 Å². The summed E-state index contributed by atoms with van der Waals surface area (Å²) in [4.78, 5) is 13.6. The van der Waals surface area contributed by atoms with Crippen molar-refractivity contribution in [1.29, 1.82) is 0 Å². The minimum Gasteiger partial charge on any atom is -0.467 e. The van der Waals surface area contributed by atoms with Gasteiger partial charge in [-0.15, -0.1) is 0 Å². The maximum Gasteiger partial charge on any atom is 0.328 e. The zero-order valence-corrected chi connectivity index (χ0v) is 7.95. The maximum absolute atomic E-state index is 11.4. The molecule has 1 atom stereocenters. The summed E-state index contributed by atoms with van der Waals surface area (Å²) >= 11 is 0. The lowest BCUT2D eigenvalue weighted by molar-refractivity contribution is -0.145. The first-order valence-corrected chi connectivity index (χ1v) is 4.86. The van der Waals surface area contributed by atoms with Crippen molar-refractivity contribution in [3.63, 3.8) is 0 Å². The predicted octanol–water partition coefficient (Wildman–Crippen LogP) is 1.30. The monoisotopic (exact) mass is 181 g/mol. The van der Waals surface area contributed by atoms with E-state index in [-0.39, 0.29) is 12.0 Å². The van der Waals surface area contributed by atoms with Gasteiger partial charge in [-0.25, -0.2) is 4.79 Å². The molecule has 0 aliphatic carbocycles. The second-order valence-corrected chi connectivity index (χ2v) is 3.61. The number of hydrogen-bond donors (Lipinski definition) is 0. The molecule has 0 N–H and O–H groups in total. The van der Waals surface area contributed by atoms with Gasteiger partial charge in [-0.3, -0.25) is 0 Å². The van der Waals surface area contributed by atoms with Crippen LogP contribution in [-0.4, -0.2) is 30.6 Å². The van der Waals surface area contributed by atoms with E-state index in [1.54, 1.807) is 0 Å². The largest absolute Gasteiger partial charge is 0.467 e. The summed E-state index contributed by atoms with van der Waals surface area (Å²) in [5.74, 6) is -0.0784. The van der Waals surface area contributed by atoms with Gasteiger partial charge in [0.15, 0.2) is 0 Å². The van der Waals surface area contributed by atoms with Crippen LogP contribution in [0.1, 0.15) is 25.7 Å². The van der Waals surface area contributed by atoms with E-state index < -0.39 is 0 Å². The SMILES string of the molecule is COC(=O)C1CCC2=CCCCN21. The van der Waals surface area contributed by atoms with Gasteiger partial charge in [-0.05, 0) is 25.7 Å². The highest BCUT2D eigenvalue weighted by Gasteiger charge is 2.34. The molecule has 2 rings (SSSR count). The Balaban J connectivity index is 2.12. The number of methoxy groups -OCH3 is 1. The smallest absolute Gasteiger partial charge is 0.328 e. The van der Waals surface area contributed by atoms with Crippen molar-refractivity contribution >= 4 is 5.97 Å². The fourth-order valence-corrected chi connectivity index (χ4v) is 2.21. The van der Waals surface area contributed by atoms with Crippen molar-refractivity contribution < 1.29 is 9.53 Å². The molecular formula is C10H15NO2. The van der Waals surface area contributed by atoms with Crippen molar-refractivity contribution in [2.75, 3.05) is 13.7 Å². The lowest BCUT2D eigenvalue weighted by atomic mass is 10.1. The van der Waals surface area contributed by atoms with Crippen LogP contribution in [0.3, 0.4) is 0 Å². The number of rotatable bonds is 1. The third-order valence-electron chi connectivity index (χ3n) is 2.88. The lowest BCUT2D eigenvalue weighted by Gasteiger charge is -2.28.